The number of carbonyl (C=O) groups is 3. The van der Waals surface area contributed by atoms with Gasteiger partial charge in [-0.2, -0.15) is 0 Å². The van der Waals surface area contributed by atoms with Crippen LogP contribution in [0.2, 0.25) is 0 Å². The Kier molecular flexibility index (Phi) is 8.95. The largest absolute Gasteiger partial charge is 0.396 e. The number of benzene rings is 1. The normalized spacial score (nSPS) is 15.5. The fourth-order valence-corrected chi connectivity index (χ4v) is 3.07. The first-order valence-corrected chi connectivity index (χ1v) is 10.3. The van der Waals surface area contributed by atoms with Gasteiger partial charge in [0.05, 0.1) is 19.8 Å². The van der Waals surface area contributed by atoms with Crippen molar-refractivity contribution < 1.29 is 29.3 Å². The standard InChI is InChI=1S/C22H32N2O6/c1-22(2,15-25)20(28)21(29)23-10-9-19(27)18(26)8-5-16-3-6-17(7-4-16)24-11-13-30-14-12-24/h3-4,6-7,20,25,28H,5,8-15H2,1-2H3,(H,23,29)/t20-/m0/s1. The lowest BCUT2D eigenvalue weighted by molar-refractivity contribution is -0.138. The number of ether oxygens (including phenoxy) is 1. The molecule has 1 fully saturated rings. The van der Waals surface area contributed by atoms with Gasteiger partial charge < -0.3 is 25.2 Å². The Morgan fingerprint density at radius 3 is 2.30 bits per heavy atom. The van der Waals surface area contributed by atoms with E-state index < -0.39 is 29.0 Å². The number of Topliss-reactive ketones (excluding diaryl/α,β-unsaturated/α-hetero) is 2. The number of morpholine rings is 1. The molecule has 166 valence electrons. The number of aliphatic hydroxyl groups is 2. The molecule has 1 amide bonds. The number of carbonyl (C=O) groups excluding carboxylic acids is 3. The number of aliphatic hydroxyl groups excluding tert-OH is 2. The van der Waals surface area contributed by atoms with Crippen molar-refractivity contribution in [3.05, 3.63) is 29.8 Å². The number of rotatable bonds is 11. The Bertz CT molecular complexity index is 726. The maximum Gasteiger partial charge on any atom is 0.249 e. The van der Waals surface area contributed by atoms with Gasteiger partial charge in [-0.1, -0.05) is 26.0 Å². The summed E-state index contributed by atoms with van der Waals surface area (Å²) in [6, 6.07) is 7.96. The maximum absolute atomic E-state index is 12.1. The Morgan fingerprint density at radius 1 is 1.10 bits per heavy atom. The SMILES string of the molecule is CC(C)(CO)[C@@H](O)C(=O)NCCC(=O)C(=O)CCc1ccc(N2CCOCC2)cc1. The van der Waals surface area contributed by atoms with Gasteiger partial charge in [-0.05, 0) is 24.1 Å². The molecule has 0 saturated carbocycles. The van der Waals surface area contributed by atoms with Gasteiger partial charge in [0.15, 0.2) is 11.6 Å². The van der Waals surface area contributed by atoms with Gasteiger partial charge in [-0.3, -0.25) is 14.4 Å². The number of amides is 1. The third kappa shape index (κ3) is 6.90. The lowest BCUT2D eigenvalue weighted by atomic mass is 9.87. The molecule has 0 spiro atoms. The molecule has 8 heteroatoms. The molecule has 1 aromatic carbocycles. The van der Waals surface area contributed by atoms with Crippen LogP contribution in [0.25, 0.3) is 0 Å². The number of anilines is 1. The molecule has 8 nitrogen and oxygen atoms in total. The van der Waals surface area contributed by atoms with E-state index in [0.29, 0.717) is 6.42 Å². The first-order valence-electron chi connectivity index (χ1n) is 10.3. The monoisotopic (exact) mass is 420 g/mol. The third-order valence-corrected chi connectivity index (χ3v) is 5.31. The Labute approximate surface area is 177 Å². The fraction of sp³-hybridized carbons (Fsp3) is 0.591. The van der Waals surface area contributed by atoms with Crippen molar-refractivity contribution >= 4 is 23.2 Å². The van der Waals surface area contributed by atoms with E-state index in [2.05, 4.69) is 10.2 Å². The minimum Gasteiger partial charge on any atom is -0.396 e. The van der Waals surface area contributed by atoms with Crippen molar-refractivity contribution in [2.75, 3.05) is 44.4 Å². The van der Waals surface area contributed by atoms with Gasteiger partial charge in [-0.15, -0.1) is 0 Å². The molecule has 0 aromatic heterocycles. The molecule has 0 unspecified atom stereocenters. The molecule has 0 radical (unpaired) electrons. The summed E-state index contributed by atoms with van der Waals surface area (Å²) in [5.74, 6) is -1.69. The topological polar surface area (TPSA) is 116 Å². The Hall–Kier alpha value is -2.29. The predicted octanol–water partition coefficient (Wildman–Crippen LogP) is 0.480. The molecule has 1 aromatic rings. The number of nitrogens with zero attached hydrogens (tertiary/aromatic N) is 1. The molecule has 1 aliphatic heterocycles. The summed E-state index contributed by atoms with van der Waals surface area (Å²) < 4.78 is 5.35. The Morgan fingerprint density at radius 2 is 1.70 bits per heavy atom. The minimum atomic E-state index is -1.39. The average Bonchev–Trinajstić information content (AvgIpc) is 2.77. The maximum atomic E-state index is 12.1. The summed E-state index contributed by atoms with van der Waals surface area (Å²) in [4.78, 5) is 38.2. The van der Waals surface area contributed by atoms with E-state index >= 15 is 0 Å². The predicted molar refractivity (Wildman–Crippen MR) is 112 cm³/mol. The first kappa shape index (κ1) is 24.0. The minimum absolute atomic E-state index is 0.0315. The van der Waals surface area contributed by atoms with Gasteiger partial charge in [0.1, 0.15) is 6.10 Å². The van der Waals surface area contributed by atoms with Crippen molar-refractivity contribution in [2.45, 2.75) is 39.2 Å². The zero-order chi connectivity index (χ0) is 22.1. The van der Waals surface area contributed by atoms with Gasteiger partial charge in [0.2, 0.25) is 5.91 Å². The van der Waals surface area contributed by atoms with E-state index in [1.807, 2.05) is 24.3 Å². The summed E-state index contributed by atoms with van der Waals surface area (Å²) in [6.07, 6.45) is -0.922. The Balaban J connectivity index is 1.71. The number of hydrogen-bond acceptors (Lipinski definition) is 7. The average molecular weight is 421 g/mol. The second-order valence-electron chi connectivity index (χ2n) is 8.20. The van der Waals surface area contributed by atoms with Crippen LogP contribution < -0.4 is 10.2 Å². The summed E-state index contributed by atoms with van der Waals surface area (Å²) in [7, 11) is 0. The fourth-order valence-electron chi connectivity index (χ4n) is 3.07. The molecular formula is C22H32N2O6. The molecule has 1 atom stereocenters. The molecule has 0 bridgehead atoms. The summed E-state index contributed by atoms with van der Waals surface area (Å²) >= 11 is 0. The number of aryl methyl sites for hydroxylation is 1. The molecule has 2 rings (SSSR count). The molecule has 1 aliphatic rings. The van der Waals surface area contributed by atoms with Crippen molar-refractivity contribution in [2.24, 2.45) is 5.41 Å². The van der Waals surface area contributed by atoms with Gasteiger partial charge in [0, 0.05) is 43.6 Å². The van der Waals surface area contributed by atoms with E-state index in [1.165, 1.54) is 0 Å². The van der Waals surface area contributed by atoms with Crippen molar-refractivity contribution in [3.63, 3.8) is 0 Å². The first-order chi connectivity index (χ1) is 14.2. The van der Waals surface area contributed by atoms with Gasteiger partial charge >= 0.3 is 0 Å². The zero-order valence-electron chi connectivity index (χ0n) is 17.7. The van der Waals surface area contributed by atoms with Crippen molar-refractivity contribution in [1.82, 2.24) is 5.32 Å². The molecule has 1 saturated heterocycles. The van der Waals surface area contributed by atoms with E-state index in [1.54, 1.807) is 13.8 Å². The highest BCUT2D eigenvalue weighted by Crippen LogP contribution is 2.19. The van der Waals surface area contributed by atoms with Crippen LogP contribution in [0.5, 0.6) is 0 Å². The second-order valence-corrected chi connectivity index (χ2v) is 8.20. The summed E-state index contributed by atoms with van der Waals surface area (Å²) in [6.45, 7) is 5.88. The van der Waals surface area contributed by atoms with E-state index in [9.17, 15) is 24.6 Å². The summed E-state index contributed by atoms with van der Waals surface area (Å²) in [5.41, 5.74) is 1.11. The lowest BCUT2D eigenvalue weighted by Crippen LogP contribution is -2.46. The molecular weight excluding hydrogens is 388 g/mol. The van der Waals surface area contributed by atoms with E-state index in [4.69, 9.17) is 4.74 Å². The molecule has 0 aliphatic carbocycles. The van der Waals surface area contributed by atoms with Crippen LogP contribution >= 0.6 is 0 Å². The number of nitrogens with one attached hydrogen (secondary N) is 1. The highest BCUT2D eigenvalue weighted by molar-refractivity contribution is 6.37. The van der Waals surface area contributed by atoms with Crippen LogP contribution in [0, 0.1) is 5.41 Å². The molecule has 3 N–H and O–H groups in total. The third-order valence-electron chi connectivity index (χ3n) is 5.31. The van der Waals surface area contributed by atoms with E-state index in [0.717, 1.165) is 37.6 Å². The zero-order valence-corrected chi connectivity index (χ0v) is 17.7. The van der Waals surface area contributed by atoms with Crippen LogP contribution in [0.4, 0.5) is 5.69 Å². The van der Waals surface area contributed by atoms with Crippen LogP contribution in [0.1, 0.15) is 32.3 Å². The van der Waals surface area contributed by atoms with Crippen molar-refractivity contribution in [3.8, 4) is 0 Å². The highest BCUT2D eigenvalue weighted by Gasteiger charge is 2.32. The molecule has 30 heavy (non-hydrogen) atoms. The lowest BCUT2D eigenvalue weighted by Gasteiger charge is -2.28. The van der Waals surface area contributed by atoms with E-state index in [-0.39, 0.29) is 26.0 Å². The second kappa shape index (κ2) is 11.2. The molecule has 1 heterocycles. The highest BCUT2D eigenvalue weighted by atomic mass is 16.5. The number of ketones is 2. The van der Waals surface area contributed by atoms with Crippen LogP contribution in [-0.2, 0) is 25.5 Å². The van der Waals surface area contributed by atoms with Crippen LogP contribution in [0.15, 0.2) is 24.3 Å². The van der Waals surface area contributed by atoms with Crippen LogP contribution in [0.3, 0.4) is 0 Å². The van der Waals surface area contributed by atoms with Crippen molar-refractivity contribution in [1.29, 1.82) is 0 Å². The summed E-state index contributed by atoms with van der Waals surface area (Å²) in [5, 5.41) is 21.5. The number of hydrogen-bond donors (Lipinski definition) is 3. The van der Waals surface area contributed by atoms with Crippen LogP contribution in [-0.4, -0.2) is 73.2 Å². The van der Waals surface area contributed by atoms with Gasteiger partial charge in [0.25, 0.3) is 0 Å². The van der Waals surface area contributed by atoms with Gasteiger partial charge in [-0.25, -0.2) is 0 Å². The quantitative estimate of drug-likeness (QED) is 0.446. The smallest absolute Gasteiger partial charge is 0.249 e.